The Morgan fingerprint density at radius 1 is 1.21 bits per heavy atom. The Balaban J connectivity index is 1.98. The topological polar surface area (TPSA) is 74.8 Å². The Kier molecular flexibility index (Phi) is 4.25. The van der Waals surface area contributed by atoms with Crippen molar-refractivity contribution in [1.82, 2.24) is 20.3 Å². The summed E-state index contributed by atoms with van der Waals surface area (Å²) in [5.74, 6) is -2.62. The predicted octanol–water partition coefficient (Wildman–Crippen LogP) is 2.34. The van der Waals surface area contributed by atoms with Gasteiger partial charge in [0.05, 0.1) is 17.3 Å². The number of nitrogens with one attached hydrogen (secondary N) is 3. The Morgan fingerprint density at radius 3 is 2.62 bits per heavy atom. The first-order chi connectivity index (χ1) is 11.3. The summed E-state index contributed by atoms with van der Waals surface area (Å²) in [5, 5.41) is 9.95. The van der Waals surface area contributed by atoms with Crippen molar-refractivity contribution in [2.45, 2.75) is 32.7 Å². The van der Waals surface area contributed by atoms with Crippen molar-refractivity contribution in [3.05, 3.63) is 17.3 Å². The van der Waals surface area contributed by atoms with E-state index in [4.69, 9.17) is 0 Å². The molecule has 2 aromatic rings. The number of alkyl halides is 2. The molecule has 2 atom stereocenters. The van der Waals surface area contributed by atoms with Gasteiger partial charge in [0.25, 0.3) is 5.92 Å². The van der Waals surface area contributed by atoms with E-state index in [0.717, 1.165) is 23.6 Å². The molecule has 0 radical (unpaired) electrons. The molecule has 0 aromatic carbocycles. The molecule has 1 saturated heterocycles. The highest BCUT2D eigenvalue weighted by atomic mass is 19.3. The van der Waals surface area contributed by atoms with Crippen LogP contribution in [0, 0.1) is 19.8 Å². The van der Waals surface area contributed by atoms with E-state index in [0.29, 0.717) is 24.0 Å². The first kappa shape index (κ1) is 16.8. The van der Waals surface area contributed by atoms with Crippen LogP contribution in [-0.4, -0.2) is 47.1 Å². The second kappa shape index (κ2) is 6.08. The molecule has 8 heteroatoms. The van der Waals surface area contributed by atoms with Crippen LogP contribution in [-0.2, 0) is 0 Å². The first-order valence-electron chi connectivity index (χ1n) is 7.98. The van der Waals surface area contributed by atoms with Crippen molar-refractivity contribution in [2.24, 2.45) is 5.92 Å². The lowest BCUT2D eigenvalue weighted by Crippen LogP contribution is -2.39. The van der Waals surface area contributed by atoms with Crippen LogP contribution in [0.25, 0.3) is 11.0 Å². The molecule has 3 heterocycles. The molecular formula is C16H22F2N6. The number of fused-ring (bicyclic) bond motifs is 1. The molecule has 0 bridgehead atoms. The van der Waals surface area contributed by atoms with Gasteiger partial charge in [0.1, 0.15) is 5.82 Å². The number of halogens is 2. The maximum Gasteiger partial charge on any atom is 0.251 e. The molecule has 0 aliphatic carbocycles. The van der Waals surface area contributed by atoms with Crippen molar-refractivity contribution in [3.63, 3.8) is 0 Å². The number of rotatable bonds is 4. The molecule has 1 aliphatic rings. The number of aryl methyl sites for hydroxylation is 2. The van der Waals surface area contributed by atoms with Crippen molar-refractivity contribution < 1.29 is 8.78 Å². The van der Waals surface area contributed by atoms with Gasteiger partial charge in [-0.15, -0.1) is 0 Å². The van der Waals surface area contributed by atoms with E-state index >= 15 is 0 Å². The van der Waals surface area contributed by atoms with Gasteiger partial charge in [-0.2, -0.15) is 9.97 Å². The molecule has 3 rings (SSSR count). The summed E-state index contributed by atoms with van der Waals surface area (Å²) in [6, 6.07) is 1.53. The van der Waals surface area contributed by atoms with E-state index in [1.165, 1.54) is 0 Å². The number of hydrogen-bond acceptors (Lipinski definition) is 6. The minimum absolute atomic E-state index is 0.268. The molecule has 0 spiro atoms. The zero-order valence-corrected chi connectivity index (χ0v) is 14.2. The van der Waals surface area contributed by atoms with E-state index in [1.807, 2.05) is 19.9 Å². The number of pyridine rings is 1. The van der Waals surface area contributed by atoms with Gasteiger partial charge in [0, 0.05) is 25.8 Å². The second-order valence-corrected chi connectivity index (χ2v) is 6.40. The Bertz CT molecular complexity index is 758. The van der Waals surface area contributed by atoms with Crippen LogP contribution >= 0.6 is 0 Å². The van der Waals surface area contributed by atoms with Crippen LogP contribution in [0.3, 0.4) is 0 Å². The fraction of sp³-hybridized carbons (Fsp3) is 0.562. The van der Waals surface area contributed by atoms with E-state index < -0.39 is 17.9 Å². The maximum absolute atomic E-state index is 13.7. The summed E-state index contributed by atoms with van der Waals surface area (Å²) in [5.41, 5.74) is 2.43. The Hall–Kier alpha value is -2.09. The summed E-state index contributed by atoms with van der Waals surface area (Å²) in [7, 11) is 1.77. The van der Waals surface area contributed by atoms with Crippen LogP contribution in [0.15, 0.2) is 6.07 Å². The molecule has 3 N–H and O–H groups in total. The van der Waals surface area contributed by atoms with Gasteiger partial charge in [0.15, 0.2) is 5.65 Å². The van der Waals surface area contributed by atoms with Gasteiger partial charge in [-0.25, -0.2) is 13.8 Å². The van der Waals surface area contributed by atoms with Crippen LogP contribution in [0.5, 0.6) is 0 Å². The predicted molar refractivity (Wildman–Crippen MR) is 90.7 cm³/mol. The molecule has 1 fully saturated rings. The molecule has 0 unspecified atom stereocenters. The summed E-state index contributed by atoms with van der Waals surface area (Å²) in [4.78, 5) is 13.3. The van der Waals surface area contributed by atoms with Gasteiger partial charge in [-0.1, -0.05) is 0 Å². The summed E-state index contributed by atoms with van der Waals surface area (Å²) in [6.45, 7) is 5.54. The van der Waals surface area contributed by atoms with Crippen molar-refractivity contribution in [1.29, 1.82) is 0 Å². The van der Waals surface area contributed by atoms with E-state index in [9.17, 15) is 8.78 Å². The van der Waals surface area contributed by atoms with Gasteiger partial charge >= 0.3 is 0 Å². The summed E-state index contributed by atoms with van der Waals surface area (Å²) in [6.07, 6.45) is 0. The van der Waals surface area contributed by atoms with E-state index in [2.05, 4.69) is 30.9 Å². The van der Waals surface area contributed by atoms with Crippen molar-refractivity contribution >= 4 is 22.8 Å². The Labute approximate surface area is 139 Å². The van der Waals surface area contributed by atoms with Gasteiger partial charge in [0.2, 0.25) is 5.95 Å². The third-order valence-electron chi connectivity index (χ3n) is 4.41. The largest absolute Gasteiger partial charge is 0.372 e. The fourth-order valence-corrected chi connectivity index (χ4v) is 3.25. The van der Waals surface area contributed by atoms with E-state index in [1.54, 1.807) is 7.05 Å². The van der Waals surface area contributed by atoms with Gasteiger partial charge in [-0.3, -0.25) is 0 Å². The lowest BCUT2D eigenvalue weighted by molar-refractivity contribution is -0.0347. The van der Waals surface area contributed by atoms with Crippen LogP contribution in [0.1, 0.15) is 18.2 Å². The van der Waals surface area contributed by atoms with Crippen molar-refractivity contribution in [2.75, 3.05) is 30.8 Å². The van der Waals surface area contributed by atoms with Gasteiger partial charge in [-0.05, 0) is 32.4 Å². The maximum atomic E-state index is 13.7. The molecule has 0 saturated carbocycles. The number of nitrogens with zero attached hydrogens (tertiary/aromatic N) is 3. The molecule has 1 aliphatic heterocycles. The van der Waals surface area contributed by atoms with Gasteiger partial charge < -0.3 is 16.0 Å². The quantitative estimate of drug-likeness (QED) is 0.796. The van der Waals surface area contributed by atoms with E-state index in [-0.39, 0.29) is 6.54 Å². The standard InChI is InChI=1S/C16H22F2N6/c1-8-5-9(2)21-14-12(8)13(19-4)23-15(24-14)22-11-7-20-6-10(11)16(3,17)18/h5,10-11,20H,6-7H2,1-4H3,(H2,19,21,22,23,24)/t10-,11-/m0/s1. The molecule has 0 amide bonds. The van der Waals surface area contributed by atoms with Crippen LogP contribution in [0.4, 0.5) is 20.5 Å². The summed E-state index contributed by atoms with van der Waals surface area (Å²) >= 11 is 0. The minimum Gasteiger partial charge on any atom is -0.372 e. The van der Waals surface area contributed by atoms with Crippen LogP contribution in [0.2, 0.25) is 0 Å². The smallest absolute Gasteiger partial charge is 0.251 e. The third kappa shape index (κ3) is 3.10. The molecule has 24 heavy (non-hydrogen) atoms. The third-order valence-corrected chi connectivity index (χ3v) is 4.41. The molecule has 2 aromatic heterocycles. The summed E-state index contributed by atoms with van der Waals surface area (Å²) < 4.78 is 27.5. The SMILES string of the molecule is CNc1nc(N[C@H]2CNC[C@@H]2C(C)(F)F)nc2nc(C)cc(C)c12. The van der Waals surface area contributed by atoms with Crippen molar-refractivity contribution in [3.8, 4) is 0 Å². The first-order valence-corrected chi connectivity index (χ1v) is 7.98. The fourth-order valence-electron chi connectivity index (χ4n) is 3.25. The highest BCUT2D eigenvalue weighted by Crippen LogP contribution is 2.31. The lowest BCUT2D eigenvalue weighted by atomic mass is 9.97. The highest BCUT2D eigenvalue weighted by molar-refractivity contribution is 5.90. The molecular weight excluding hydrogens is 314 g/mol. The monoisotopic (exact) mass is 336 g/mol. The molecule has 130 valence electrons. The zero-order chi connectivity index (χ0) is 17.5. The molecule has 6 nitrogen and oxygen atoms in total. The average Bonchev–Trinajstić information content (AvgIpc) is 2.93. The Morgan fingerprint density at radius 2 is 1.96 bits per heavy atom. The lowest BCUT2D eigenvalue weighted by Gasteiger charge is -2.25. The normalized spacial score (nSPS) is 21.2. The minimum atomic E-state index is -2.77. The van der Waals surface area contributed by atoms with Crippen LogP contribution < -0.4 is 16.0 Å². The number of hydrogen-bond donors (Lipinski definition) is 3. The second-order valence-electron chi connectivity index (χ2n) is 6.40. The average molecular weight is 336 g/mol. The number of aromatic nitrogens is 3. The highest BCUT2D eigenvalue weighted by Gasteiger charge is 2.43. The zero-order valence-electron chi connectivity index (χ0n) is 14.2. The number of anilines is 2.